The Labute approximate surface area is 102 Å². The first-order valence-corrected chi connectivity index (χ1v) is 5.61. The average Bonchev–Trinajstić information content (AvgIpc) is 2.28. The van der Waals surface area contributed by atoms with Crippen LogP contribution in [0.5, 0.6) is 0 Å². The number of anilines is 2. The Balaban J connectivity index is 2.05. The monoisotopic (exact) mass is 278 g/mol. The van der Waals surface area contributed by atoms with E-state index in [4.69, 9.17) is 5.73 Å². The molecule has 0 aliphatic carbocycles. The van der Waals surface area contributed by atoms with Crippen LogP contribution in [-0.2, 0) is 6.54 Å². The summed E-state index contributed by atoms with van der Waals surface area (Å²) in [5.41, 5.74) is 6.70. The number of nitrogens with two attached hydrogens (primary N) is 1. The number of aromatic nitrogens is 2. The first kappa shape index (κ1) is 10.9. The van der Waals surface area contributed by atoms with E-state index in [0.29, 0.717) is 18.3 Å². The van der Waals surface area contributed by atoms with Gasteiger partial charge in [0.15, 0.2) is 0 Å². The predicted molar refractivity (Wildman–Crippen MR) is 67.9 cm³/mol. The van der Waals surface area contributed by atoms with Crippen molar-refractivity contribution in [3.63, 3.8) is 0 Å². The summed E-state index contributed by atoms with van der Waals surface area (Å²) >= 11 is 3.48. The van der Waals surface area contributed by atoms with Gasteiger partial charge in [-0.3, -0.25) is 0 Å². The minimum Gasteiger partial charge on any atom is -0.384 e. The topological polar surface area (TPSA) is 63.8 Å². The van der Waals surface area contributed by atoms with Crippen LogP contribution < -0.4 is 11.1 Å². The maximum atomic E-state index is 5.56. The summed E-state index contributed by atoms with van der Waals surface area (Å²) in [7, 11) is 0. The van der Waals surface area contributed by atoms with Crippen LogP contribution >= 0.6 is 15.9 Å². The van der Waals surface area contributed by atoms with Crippen molar-refractivity contribution in [3.05, 3.63) is 46.6 Å². The molecule has 82 valence electrons. The van der Waals surface area contributed by atoms with Gasteiger partial charge < -0.3 is 11.1 Å². The molecule has 0 saturated heterocycles. The highest BCUT2D eigenvalue weighted by Gasteiger charge is 2.00. The van der Waals surface area contributed by atoms with Gasteiger partial charge in [-0.05, 0) is 17.7 Å². The second-order valence-corrected chi connectivity index (χ2v) is 4.10. The van der Waals surface area contributed by atoms with E-state index in [1.807, 2.05) is 24.3 Å². The van der Waals surface area contributed by atoms with E-state index in [1.165, 1.54) is 0 Å². The van der Waals surface area contributed by atoms with Gasteiger partial charge in [0.2, 0.25) is 5.95 Å². The van der Waals surface area contributed by atoms with Crippen molar-refractivity contribution >= 4 is 27.7 Å². The lowest BCUT2D eigenvalue weighted by atomic mass is 10.2. The highest BCUT2D eigenvalue weighted by Crippen LogP contribution is 2.16. The van der Waals surface area contributed by atoms with E-state index in [-0.39, 0.29) is 0 Å². The lowest BCUT2D eigenvalue weighted by Crippen LogP contribution is -2.05. The Morgan fingerprint density at radius 2 is 2.06 bits per heavy atom. The van der Waals surface area contributed by atoms with Gasteiger partial charge in [0, 0.05) is 17.2 Å². The number of hydrogen-bond acceptors (Lipinski definition) is 4. The predicted octanol–water partition coefficient (Wildman–Crippen LogP) is 2.43. The summed E-state index contributed by atoms with van der Waals surface area (Å²) in [5, 5.41) is 3.11. The molecule has 0 radical (unpaired) electrons. The Bertz CT molecular complexity index is 487. The molecule has 0 unspecified atom stereocenters. The molecule has 0 fully saturated rings. The first-order valence-electron chi connectivity index (χ1n) is 4.81. The number of rotatable bonds is 3. The van der Waals surface area contributed by atoms with E-state index in [2.05, 4.69) is 31.2 Å². The number of nitrogens with zero attached hydrogens (tertiary/aromatic N) is 2. The van der Waals surface area contributed by atoms with Gasteiger partial charge in [0.05, 0.1) is 0 Å². The quantitative estimate of drug-likeness (QED) is 0.905. The Kier molecular flexibility index (Phi) is 3.36. The molecule has 0 amide bonds. The third kappa shape index (κ3) is 2.70. The Morgan fingerprint density at radius 1 is 1.25 bits per heavy atom. The van der Waals surface area contributed by atoms with Gasteiger partial charge in [-0.25, -0.2) is 4.98 Å². The fraction of sp³-hybridized carbons (Fsp3) is 0.0909. The van der Waals surface area contributed by atoms with Gasteiger partial charge in [-0.15, -0.1) is 0 Å². The van der Waals surface area contributed by atoms with Crippen molar-refractivity contribution in [2.24, 2.45) is 0 Å². The summed E-state index contributed by atoms with van der Waals surface area (Å²) in [6, 6.07) is 9.65. The second-order valence-electron chi connectivity index (χ2n) is 3.25. The molecule has 0 spiro atoms. The molecular formula is C11H11BrN4. The first-order chi connectivity index (χ1) is 7.75. The summed E-state index contributed by atoms with van der Waals surface area (Å²) < 4.78 is 1.06. The van der Waals surface area contributed by atoms with Crippen molar-refractivity contribution in [1.82, 2.24) is 9.97 Å². The lowest BCUT2D eigenvalue weighted by Gasteiger charge is -2.06. The van der Waals surface area contributed by atoms with E-state index >= 15 is 0 Å². The van der Waals surface area contributed by atoms with Crippen molar-refractivity contribution in [1.29, 1.82) is 0 Å². The summed E-state index contributed by atoms with van der Waals surface area (Å²) in [4.78, 5) is 8.12. The van der Waals surface area contributed by atoms with Crippen molar-refractivity contribution < 1.29 is 0 Å². The number of nitrogens with one attached hydrogen (secondary N) is 1. The molecule has 0 saturated carbocycles. The van der Waals surface area contributed by atoms with Gasteiger partial charge >= 0.3 is 0 Å². The molecule has 5 heteroatoms. The maximum Gasteiger partial charge on any atom is 0.224 e. The maximum absolute atomic E-state index is 5.56. The molecule has 0 aliphatic heterocycles. The zero-order valence-electron chi connectivity index (χ0n) is 8.52. The summed E-state index contributed by atoms with van der Waals surface area (Å²) in [6.45, 7) is 0.658. The van der Waals surface area contributed by atoms with Crippen LogP contribution in [0.2, 0.25) is 0 Å². The average molecular weight is 279 g/mol. The zero-order valence-corrected chi connectivity index (χ0v) is 10.1. The van der Waals surface area contributed by atoms with Crippen molar-refractivity contribution in [2.45, 2.75) is 6.54 Å². The van der Waals surface area contributed by atoms with E-state index in [0.717, 1.165) is 10.0 Å². The van der Waals surface area contributed by atoms with E-state index in [9.17, 15) is 0 Å². The Hall–Kier alpha value is -1.62. The molecule has 4 nitrogen and oxygen atoms in total. The number of nitrogen functional groups attached to an aromatic ring is 1. The highest BCUT2D eigenvalue weighted by atomic mass is 79.9. The summed E-state index contributed by atoms with van der Waals surface area (Å²) in [6.07, 6.45) is 1.63. The third-order valence-electron chi connectivity index (χ3n) is 2.07. The summed E-state index contributed by atoms with van der Waals surface area (Å²) in [5.74, 6) is 1.00. The Morgan fingerprint density at radius 3 is 2.81 bits per heavy atom. The normalized spacial score (nSPS) is 10.1. The number of halogens is 1. The minimum atomic E-state index is 0.463. The second kappa shape index (κ2) is 4.94. The van der Waals surface area contributed by atoms with Crippen LogP contribution in [0.4, 0.5) is 11.8 Å². The van der Waals surface area contributed by atoms with E-state index < -0.39 is 0 Å². The van der Waals surface area contributed by atoms with Crippen LogP contribution in [0.3, 0.4) is 0 Å². The fourth-order valence-corrected chi connectivity index (χ4v) is 1.70. The number of benzene rings is 1. The zero-order chi connectivity index (χ0) is 11.4. The fourth-order valence-electron chi connectivity index (χ4n) is 1.27. The van der Waals surface area contributed by atoms with Gasteiger partial charge in [0.25, 0.3) is 0 Å². The molecule has 1 aromatic heterocycles. The number of hydrogen-bond donors (Lipinski definition) is 2. The molecule has 2 rings (SSSR count). The third-order valence-corrected chi connectivity index (χ3v) is 2.85. The largest absolute Gasteiger partial charge is 0.384 e. The molecule has 16 heavy (non-hydrogen) atoms. The molecule has 1 aromatic carbocycles. The minimum absolute atomic E-state index is 0.463. The molecule has 3 N–H and O–H groups in total. The van der Waals surface area contributed by atoms with E-state index in [1.54, 1.807) is 12.3 Å². The smallest absolute Gasteiger partial charge is 0.224 e. The molecule has 2 aromatic rings. The van der Waals surface area contributed by atoms with Crippen LogP contribution in [-0.4, -0.2) is 9.97 Å². The SMILES string of the molecule is Nc1ccnc(NCc2ccccc2Br)n1. The van der Waals surface area contributed by atoms with Crippen molar-refractivity contribution in [2.75, 3.05) is 11.1 Å². The molecular weight excluding hydrogens is 268 g/mol. The van der Waals surface area contributed by atoms with Crippen LogP contribution in [0, 0.1) is 0 Å². The lowest BCUT2D eigenvalue weighted by molar-refractivity contribution is 1.05. The van der Waals surface area contributed by atoms with Crippen LogP contribution in [0.15, 0.2) is 41.0 Å². The van der Waals surface area contributed by atoms with Gasteiger partial charge in [-0.2, -0.15) is 4.98 Å². The van der Waals surface area contributed by atoms with Crippen LogP contribution in [0.25, 0.3) is 0 Å². The standard InChI is InChI=1S/C11H11BrN4/c12-9-4-2-1-3-8(9)7-15-11-14-6-5-10(13)16-11/h1-6H,7H2,(H3,13,14,15,16). The molecule has 0 bridgehead atoms. The van der Waals surface area contributed by atoms with Gasteiger partial charge in [-0.1, -0.05) is 34.1 Å². The van der Waals surface area contributed by atoms with Crippen molar-refractivity contribution in [3.8, 4) is 0 Å². The van der Waals surface area contributed by atoms with Crippen LogP contribution in [0.1, 0.15) is 5.56 Å². The molecule has 0 atom stereocenters. The molecule has 1 heterocycles. The highest BCUT2D eigenvalue weighted by molar-refractivity contribution is 9.10. The van der Waals surface area contributed by atoms with Gasteiger partial charge in [0.1, 0.15) is 5.82 Å². The molecule has 0 aliphatic rings.